The van der Waals surface area contributed by atoms with E-state index in [4.69, 9.17) is 4.84 Å². The van der Waals surface area contributed by atoms with Crippen LogP contribution in [0.15, 0.2) is 59.8 Å². The van der Waals surface area contributed by atoms with Crippen molar-refractivity contribution in [2.75, 3.05) is 0 Å². The summed E-state index contributed by atoms with van der Waals surface area (Å²) in [5, 5.41) is 4.33. The van der Waals surface area contributed by atoms with Crippen LogP contribution in [0.2, 0.25) is 0 Å². The van der Waals surface area contributed by atoms with Gasteiger partial charge in [0.15, 0.2) is 0 Å². The van der Waals surface area contributed by atoms with Crippen LogP contribution in [-0.4, -0.2) is 5.71 Å². The fraction of sp³-hybridized carbons (Fsp3) is 0.278. The fourth-order valence-electron chi connectivity index (χ4n) is 1.98. The molecule has 2 aromatic carbocycles. The summed E-state index contributed by atoms with van der Waals surface area (Å²) in [7, 11) is 0. The van der Waals surface area contributed by atoms with E-state index in [1.807, 2.05) is 30.3 Å². The first kappa shape index (κ1) is 14.3. The van der Waals surface area contributed by atoms with Crippen molar-refractivity contribution in [2.45, 2.75) is 33.3 Å². The number of aryl methyl sites for hydroxylation is 1. The molecule has 2 heteroatoms. The minimum atomic E-state index is 0.514. The van der Waals surface area contributed by atoms with Gasteiger partial charge >= 0.3 is 0 Å². The molecular formula is C18H21NO. The molecule has 0 spiro atoms. The van der Waals surface area contributed by atoms with Crippen LogP contribution in [0.3, 0.4) is 0 Å². The van der Waals surface area contributed by atoms with Gasteiger partial charge in [0.25, 0.3) is 0 Å². The molecule has 0 fully saturated rings. The maximum absolute atomic E-state index is 5.51. The van der Waals surface area contributed by atoms with Gasteiger partial charge in [-0.2, -0.15) is 0 Å². The van der Waals surface area contributed by atoms with E-state index in [1.54, 1.807) is 0 Å². The van der Waals surface area contributed by atoms with Crippen LogP contribution in [0.4, 0.5) is 0 Å². The molecule has 0 bridgehead atoms. The third kappa shape index (κ3) is 4.23. The average Bonchev–Trinajstić information content (AvgIpc) is 2.48. The molecule has 0 aliphatic heterocycles. The molecule has 0 atom stereocenters. The molecule has 2 aromatic rings. The first-order valence-corrected chi connectivity index (χ1v) is 7.09. The van der Waals surface area contributed by atoms with Gasteiger partial charge in [-0.25, -0.2) is 0 Å². The van der Waals surface area contributed by atoms with E-state index in [1.165, 1.54) is 5.56 Å². The van der Waals surface area contributed by atoms with Gasteiger partial charge in [-0.3, -0.25) is 0 Å². The van der Waals surface area contributed by atoms with E-state index in [0.717, 1.165) is 29.7 Å². The Bertz CT molecular complexity index is 543. The molecule has 0 saturated heterocycles. The van der Waals surface area contributed by atoms with Crippen LogP contribution in [0.5, 0.6) is 0 Å². The Hall–Kier alpha value is -2.09. The molecule has 20 heavy (non-hydrogen) atoms. The van der Waals surface area contributed by atoms with Crippen LogP contribution in [0.1, 0.15) is 36.5 Å². The monoisotopic (exact) mass is 267 g/mol. The van der Waals surface area contributed by atoms with Gasteiger partial charge in [-0.1, -0.05) is 78.7 Å². The highest BCUT2D eigenvalue weighted by molar-refractivity contribution is 6.00. The van der Waals surface area contributed by atoms with Crippen LogP contribution < -0.4 is 0 Å². The van der Waals surface area contributed by atoms with E-state index in [2.05, 4.69) is 43.3 Å². The summed E-state index contributed by atoms with van der Waals surface area (Å²) >= 11 is 0. The smallest absolute Gasteiger partial charge is 0.142 e. The summed E-state index contributed by atoms with van der Waals surface area (Å²) in [6, 6.07) is 18.5. The minimum absolute atomic E-state index is 0.514. The molecule has 0 amide bonds. The molecular weight excluding hydrogens is 246 g/mol. The molecule has 0 saturated carbocycles. The highest BCUT2D eigenvalue weighted by Crippen LogP contribution is 2.10. The highest BCUT2D eigenvalue weighted by atomic mass is 16.6. The van der Waals surface area contributed by atoms with Crippen molar-refractivity contribution in [2.24, 2.45) is 5.16 Å². The van der Waals surface area contributed by atoms with Crippen molar-refractivity contribution < 1.29 is 4.84 Å². The van der Waals surface area contributed by atoms with Crippen molar-refractivity contribution in [3.8, 4) is 0 Å². The largest absolute Gasteiger partial charge is 0.391 e. The summed E-state index contributed by atoms with van der Waals surface area (Å²) in [6.45, 7) is 4.76. The van der Waals surface area contributed by atoms with Gasteiger partial charge < -0.3 is 4.84 Å². The normalized spacial score (nSPS) is 11.4. The van der Waals surface area contributed by atoms with Gasteiger partial charge in [0, 0.05) is 0 Å². The van der Waals surface area contributed by atoms with Crippen molar-refractivity contribution in [3.63, 3.8) is 0 Å². The lowest BCUT2D eigenvalue weighted by Crippen LogP contribution is -2.02. The number of hydrogen-bond donors (Lipinski definition) is 0. The van der Waals surface area contributed by atoms with Crippen molar-refractivity contribution in [1.82, 2.24) is 0 Å². The predicted molar refractivity (Wildman–Crippen MR) is 83.9 cm³/mol. The molecule has 0 aliphatic carbocycles. The van der Waals surface area contributed by atoms with Crippen molar-refractivity contribution in [1.29, 1.82) is 0 Å². The number of nitrogens with zero attached hydrogens (tertiary/aromatic N) is 1. The third-order valence-corrected chi connectivity index (χ3v) is 3.12. The van der Waals surface area contributed by atoms with E-state index in [0.29, 0.717) is 6.61 Å². The molecule has 0 unspecified atom stereocenters. The zero-order valence-corrected chi connectivity index (χ0v) is 12.2. The van der Waals surface area contributed by atoms with Crippen LogP contribution in [0, 0.1) is 6.92 Å². The Labute approximate surface area is 121 Å². The first-order valence-electron chi connectivity index (χ1n) is 7.09. The number of oxime groups is 1. The maximum Gasteiger partial charge on any atom is 0.142 e. The second-order valence-electron chi connectivity index (χ2n) is 4.91. The molecule has 0 N–H and O–H groups in total. The molecule has 0 radical (unpaired) electrons. The van der Waals surface area contributed by atoms with E-state index in [-0.39, 0.29) is 0 Å². The third-order valence-electron chi connectivity index (χ3n) is 3.12. The Kier molecular flexibility index (Phi) is 5.36. The Morgan fingerprint density at radius 2 is 1.70 bits per heavy atom. The summed E-state index contributed by atoms with van der Waals surface area (Å²) < 4.78 is 0. The molecule has 2 nitrogen and oxygen atoms in total. The van der Waals surface area contributed by atoms with E-state index >= 15 is 0 Å². The summed E-state index contributed by atoms with van der Waals surface area (Å²) in [6.07, 6.45) is 1.99. The second kappa shape index (κ2) is 7.49. The minimum Gasteiger partial charge on any atom is -0.391 e. The standard InChI is InChI=1S/C18H21NO/c1-3-7-18(17-12-10-15(2)11-13-17)19-20-14-16-8-5-4-6-9-16/h4-6,8-13H,3,7,14H2,1-2H3/b19-18+. The summed E-state index contributed by atoms with van der Waals surface area (Å²) in [5.41, 5.74) is 4.56. The molecule has 0 aliphatic rings. The number of rotatable bonds is 6. The van der Waals surface area contributed by atoms with Crippen molar-refractivity contribution >= 4 is 5.71 Å². The number of benzene rings is 2. The van der Waals surface area contributed by atoms with Crippen LogP contribution >= 0.6 is 0 Å². The quantitative estimate of drug-likeness (QED) is 0.548. The molecule has 0 aromatic heterocycles. The number of hydrogen-bond acceptors (Lipinski definition) is 2. The Balaban J connectivity index is 2.04. The van der Waals surface area contributed by atoms with Gasteiger partial charge in [0.1, 0.15) is 6.61 Å². The van der Waals surface area contributed by atoms with Crippen LogP contribution in [0.25, 0.3) is 0 Å². The van der Waals surface area contributed by atoms with Gasteiger partial charge in [0.05, 0.1) is 5.71 Å². The first-order chi connectivity index (χ1) is 9.79. The predicted octanol–water partition coefficient (Wildman–Crippen LogP) is 4.72. The van der Waals surface area contributed by atoms with E-state index in [9.17, 15) is 0 Å². The molecule has 104 valence electrons. The highest BCUT2D eigenvalue weighted by Gasteiger charge is 2.03. The van der Waals surface area contributed by atoms with Gasteiger partial charge in [0.2, 0.25) is 0 Å². The zero-order chi connectivity index (χ0) is 14.2. The average molecular weight is 267 g/mol. The second-order valence-corrected chi connectivity index (χ2v) is 4.91. The molecule has 2 rings (SSSR count). The van der Waals surface area contributed by atoms with Gasteiger partial charge in [-0.15, -0.1) is 0 Å². The Morgan fingerprint density at radius 1 is 1.00 bits per heavy atom. The topological polar surface area (TPSA) is 21.6 Å². The lowest BCUT2D eigenvalue weighted by Gasteiger charge is -2.06. The van der Waals surface area contributed by atoms with Crippen LogP contribution in [-0.2, 0) is 11.4 Å². The Morgan fingerprint density at radius 3 is 2.35 bits per heavy atom. The fourth-order valence-corrected chi connectivity index (χ4v) is 1.98. The van der Waals surface area contributed by atoms with Gasteiger partial charge in [-0.05, 0) is 24.5 Å². The SMILES string of the molecule is CCC/C(=N\OCc1ccccc1)c1ccc(C)cc1. The lowest BCUT2D eigenvalue weighted by atomic mass is 10.0. The van der Waals surface area contributed by atoms with Crippen molar-refractivity contribution in [3.05, 3.63) is 71.3 Å². The molecule has 0 heterocycles. The van der Waals surface area contributed by atoms with E-state index < -0.39 is 0 Å². The summed E-state index contributed by atoms with van der Waals surface area (Å²) in [5.74, 6) is 0. The lowest BCUT2D eigenvalue weighted by molar-refractivity contribution is 0.130. The maximum atomic E-state index is 5.51. The zero-order valence-electron chi connectivity index (χ0n) is 12.2. The summed E-state index contributed by atoms with van der Waals surface area (Å²) in [4.78, 5) is 5.51.